The molecule has 43 heavy (non-hydrogen) atoms. The number of rotatable bonds is 12. The van der Waals surface area contributed by atoms with E-state index in [-0.39, 0.29) is 30.0 Å². The number of aromatic hydroxyl groups is 1. The summed E-state index contributed by atoms with van der Waals surface area (Å²) in [5, 5.41) is 11.5. The normalized spacial score (nSPS) is 11.7. The summed E-state index contributed by atoms with van der Waals surface area (Å²) >= 11 is 0. The standard InChI is InChI=1S/C33H31F3N6O/c34-33(35,36)27-17-25(19-41(21-28-9-1-5-13-37-28)22-29-10-2-6-14-38-29)32(43)26(18-27)20-42(23-30-11-3-7-15-39-30)24-31-12-4-8-16-40-31/h1-18,43H,19-24H2. The first-order chi connectivity index (χ1) is 20.8. The van der Waals surface area contributed by atoms with Crippen molar-refractivity contribution in [2.24, 2.45) is 0 Å². The van der Waals surface area contributed by atoms with Gasteiger partial charge in [-0.15, -0.1) is 0 Å². The van der Waals surface area contributed by atoms with Gasteiger partial charge in [-0.1, -0.05) is 24.3 Å². The molecule has 220 valence electrons. The van der Waals surface area contributed by atoms with Gasteiger partial charge in [0.05, 0.1) is 28.3 Å². The Balaban J connectivity index is 1.48. The zero-order chi connectivity index (χ0) is 30.1. The van der Waals surface area contributed by atoms with E-state index < -0.39 is 11.7 Å². The van der Waals surface area contributed by atoms with E-state index in [1.807, 2.05) is 58.3 Å². The minimum Gasteiger partial charge on any atom is -0.507 e. The maximum atomic E-state index is 14.2. The van der Waals surface area contributed by atoms with E-state index in [1.54, 1.807) is 49.1 Å². The molecule has 0 saturated heterocycles. The zero-order valence-corrected chi connectivity index (χ0v) is 23.4. The molecule has 0 saturated carbocycles. The van der Waals surface area contributed by atoms with Crippen LogP contribution < -0.4 is 0 Å². The minimum atomic E-state index is -4.60. The molecule has 1 aromatic carbocycles. The molecule has 1 N–H and O–H groups in total. The molecule has 10 heteroatoms. The van der Waals surface area contributed by atoms with E-state index in [2.05, 4.69) is 19.9 Å². The molecular formula is C33H31F3N6O. The van der Waals surface area contributed by atoms with Crippen molar-refractivity contribution < 1.29 is 18.3 Å². The molecule has 0 radical (unpaired) electrons. The number of pyridine rings is 4. The first kappa shape index (κ1) is 29.8. The number of hydrogen-bond donors (Lipinski definition) is 1. The third-order valence-electron chi connectivity index (χ3n) is 6.83. The van der Waals surface area contributed by atoms with Gasteiger partial charge in [0, 0.05) is 75.2 Å². The number of nitrogens with zero attached hydrogens (tertiary/aromatic N) is 6. The molecule has 0 atom stereocenters. The third-order valence-corrected chi connectivity index (χ3v) is 6.83. The van der Waals surface area contributed by atoms with Crippen LogP contribution in [0.25, 0.3) is 0 Å². The van der Waals surface area contributed by atoms with Crippen LogP contribution in [0, 0.1) is 0 Å². The Labute approximate surface area is 248 Å². The van der Waals surface area contributed by atoms with Gasteiger partial charge in [0.15, 0.2) is 0 Å². The lowest BCUT2D eigenvalue weighted by molar-refractivity contribution is -0.137. The van der Waals surface area contributed by atoms with Crippen molar-refractivity contribution in [2.45, 2.75) is 45.4 Å². The zero-order valence-electron chi connectivity index (χ0n) is 23.4. The monoisotopic (exact) mass is 584 g/mol. The Morgan fingerprint density at radius 2 is 0.837 bits per heavy atom. The molecule has 0 aliphatic carbocycles. The van der Waals surface area contributed by atoms with Crippen LogP contribution in [0.5, 0.6) is 5.75 Å². The smallest absolute Gasteiger partial charge is 0.416 e. The highest BCUT2D eigenvalue weighted by atomic mass is 19.4. The fourth-order valence-corrected chi connectivity index (χ4v) is 4.86. The fourth-order valence-electron chi connectivity index (χ4n) is 4.86. The molecule has 0 aliphatic rings. The van der Waals surface area contributed by atoms with E-state index >= 15 is 0 Å². The summed E-state index contributed by atoms with van der Waals surface area (Å²) in [7, 11) is 0. The molecule has 5 aromatic rings. The van der Waals surface area contributed by atoms with Crippen LogP contribution in [0.4, 0.5) is 13.2 Å². The molecule has 0 fully saturated rings. The lowest BCUT2D eigenvalue weighted by atomic mass is 10.0. The van der Waals surface area contributed by atoms with Crippen molar-refractivity contribution in [1.29, 1.82) is 0 Å². The minimum absolute atomic E-state index is 0.0520. The third kappa shape index (κ3) is 8.67. The van der Waals surface area contributed by atoms with Gasteiger partial charge in [0.1, 0.15) is 5.75 Å². The van der Waals surface area contributed by atoms with E-state index in [4.69, 9.17) is 0 Å². The quantitative estimate of drug-likeness (QED) is 0.182. The van der Waals surface area contributed by atoms with Gasteiger partial charge >= 0.3 is 6.18 Å². The van der Waals surface area contributed by atoms with Crippen LogP contribution in [0.2, 0.25) is 0 Å². The molecule has 5 rings (SSSR count). The van der Waals surface area contributed by atoms with Crippen molar-refractivity contribution >= 4 is 0 Å². The van der Waals surface area contributed by atoms with Crippen molar-refractivity contribution in [2.75, 3.05) is 0 Å². The highest BCUT2D eigenvalue weighted by Gasteiger charge is 2.33. The lowest BCUT2D eigenvalue weighted by Gasteiger charge is -2.26. The number of aromatic nitrogens is 4. The molecule has 7 nitrogen and oxygen atoms in total. The van der Waals surface area contributed by atoms with Gasteiger partial charge in [0.25, 0.3) is 0 Å². The van der Waals surface area contributed by atoms with Gasteiger partial charge in [-0.25, -0.2) is 0 Å². The molecule has 0 unspecified atom stereocenters. The highest BCUT2D eigenvalue weighted by molar-refractivity contribution is 5.45. The van der Waals surface area contributed by atoms with E-state index in [0.717, 1.165) is 34.9 Å². The first-order valence-corrected chi connectivity index (χ1v) is 13.8. The van der Waals surface area contributed by atoms with Gasteiger partial charge < -0.3 is 5.11 Å². The molecule has 0 spiro atoms. The maximum absolute atomic E-state index is 14.2. The number of halogens is 3. The second-order valence-electron chi connectivity index (χ2n) is 10.2. The number of phenols is 1. The molecule has 4 heterocycles. The number of hydrogen-bond acceptors (Lipinski definition) is 7. The summed E-state index contributed by atoms with van der Waals surface area (Å²) in [6.45, 7) is 1.52. The van der Waals surface area contributed by atoms with Crippen LogP contribution in [0.1, 0.15) is 39.5 Å². The van der Waals surface area contributed by atoms with Crippen molar-refractivity contribution in [3.63, 3.8) is 0 Å². The Morgan fingerprint density at radius 3 is 1.09 bits per heavy atom. The van der Waals surface area contributed by atoms with Crippen molar-refractivity contribution in [1.82, 2.24) is 29.7 Å². The average Bonchev–Trinajstić information content (AvgIpc) is 3.00. The fraction of sp³-hybridized carbons (Fsp3) is 0.212. The van der Waals surface area contributed by atoms with Gasteiger partial charge in [-0.2, -0.15) is 13.2 Å². The SMILES string of the molecule is Oc1c(CN(Cc2ccccn2)Cc2ccccn2)cc(C(F)(F)F)cc1CN(Cc1ccccn1)Cc1ccccn1. The van der Waals surface area contributed by atoms with Crippen LogP contribution in [0.3, 0.4) is 0 Å². The van der Waals surface area contributed by atoms with E-state index in [9.17, 15) is 18.3 Å². The number of benzene rings is 1. The van der Waals surface area contributed by atoms with Gasteiger partial charge in [-0.05, 0) is 60.7 Å². The van der Waals surface area contributed by atoms with E-state index in [0.29, 0.717) is 26.2 Å². The number of phenolic OH excluding ortho intramolecular Hbond substituents is 1. The Bertz CT molecular complexity index is 1380. The largest absolute Gasteiger partial charge is 0.507 e. The average molecular weight is 585 g/mol. The van der Waals surface area contributed by atoms with Crippen LogP contribution in [-0.4, -0.2) is 34.8 Å². The summed E-state index contributed by atoms with van der Waals surface area (Å²) in [4.78, 5) is 21.4. The predicted molar refractivity (Wildman–Crippen MR) is 156 cm³/mol. The molecule has 0 aliphatic heterocycles. The highest BCUT2D eigenvalue weighted by Crippen LogP contribution is 2.36. The molecular weight excluding hydrogens is 553 g/mol. The Morgan fingerprint density at radius 1 is 0.512 bits per heavy atom. The van der Waals surface area contributed by atoms with Crippen molar-refractivity contribution in [3.8, 4) is 5.75 Å². The molecule has 0 amide bonds. The molecule has 0 bridgehead atoms. The van der Waals surface area contributed by atoms with Crippen LogP contribution >= 0.6 is 0 Å². The van der Waals surface area contributed by atoms with Crippen molar-refractivity contribution in [3.05, 3.63) is 149 Å². The summed E-state index contributed by atoms with van der Waals surface area (Å²) in [5.41, 5.74) is 2.54. The summed E-state index contributed by atoms with van der Waals surface area (Å²) < 4.78 is 42.6. The second-order valence-corrected chi connectivity index (χ2v) is 10.2. The topological polar surface area (TPSA) is 78.3 Å². The van der Waals surface area contributed by atoms with E-state index in [1.165, 1.54) is 0 Å². The van der Waals surface area contributed by atoms with Gasteiger partial charge in [0.2, 0.25) is 0 Å². The number of alkyl halides is 3. The van der Waals surface area contributed by atoms with Gasteiger partial charge in [-0.3, -0.25) is 29.7 Å². The second kappa shape index (κ2) is 14.0. The lowest BCUT2D eigenvalue weighted by Crippen LogP contribution is -2.25. The van der Waals surface area contributed by atoms with Crippen LogP contribution in [-0.2, 0) is 45.4 Å². The maximum Gasteiger partial charge on any atom is 0.416 e. The molecule has 4 aromatic heterocycles. The Hall–Kier alpha value is -4.67. The Kier molecular flexibility index (Phi) is 9.70. The predicted octanol–water partition coefficient (Wildman–Crippen LogP) is 6.40. The summed E-state index contributed by atoms with van der Waals surface area (Å²) in [5.74, 6) is -0.174. The summed E-state index contributed by atoms with van der Waals surface area (Å²) in [6, 6.07) is 24.2. The van der Waals surface area contributed by atoms with Crippen LogP contribution in [0.15, 0.2) is 110 Å². The summed E-state index contributed by atoms with van der Waals surface area (Å²) in [6.07, 6.45) is 2.09. The first-order valence-electron chi connectivity index (χ1n) is 13.8.